The van der Waals surface area contributed by atoms with Gasteiger partial charge in [-0.2, -0.15) is 4.98 Å². The van der Waals surface area contributed by atoms with Crippen molar-refractivity contribution in [3.05, 3.63) is 23.4 Å². The molecular weight excluding hydrogens is 252 g/mol. The lowest BCUT2D eigenvalue weighted by Crippen LogP contribution is -2.22. The number of halogens is 1. The number of aliphatic hydroxyl groups excluding tert-OH is 1. The van der Waals surface area contributed by atoms with Crippen molar-refractivity contribution in [3.63, 3.8) is 0 Å². The van der Waals surface area contributed by atoms with Crippen LogP contribution in [0.3, 0.4) is 0 Å². The Bertz CT molecular complexity index is 556. The third kappa shape index (κ3) is 2.28. The van der Waals surface area contributed by atoms with E-state index in [2.05, 4.69) is 15.4 Å². The van der Waals surface area contributed by atoms with Crippen molar-refractivity contribution in [2.24, 2.45) is 5.92 Å². The molecule has 0 aromatic carbocycles. The summed E-state index contributed by atoms with van der Waals surface area (Å²) in [6.45, 7) is 0.714. The smallest absolute Gasteiger partial charge is 0.243 e. The highest BCUT2D eigenvalue weighted by molar-refractivity contribution is 6.30. The van der Waals surface area contributed by atoms with Gasteiger partial charge in [0.25, 0.3) is 0 Å². The van der Waals surface area contributed by atoms with E-state index < -0.39 is 0 Å². The first-order valence-corrected chi connectivity index (χ1v) is 6.54. The molecule has 1 aliphatic rings. The van der Waals surface area contributed by atoms with Gasteiger partial charge in [0.15, 0.2) is 5.65 Å². The van der Waals surface area contributed by atoms with E-state index in [0.29, 0.717) is 23.4 Å². The van der Waals surface area contributed by atoms with E-state index in [0.717, 1.165) is 24.9 Å². The highest BCUT2D eigenvalue weighted by atomic mass is 35.5. The Balaban J connectivity index is 1.71. The van der Waals surface area contributed by atoms with Gasteiger partial charge in [-0.1, -0.05) is 18.0 Å². The Morgan fingerprint density at radius 2 is 2.33 bits per heavy atom. The number of aliphatic hydroxyl groups is 1. The molecule has 1 fully saturated rings. The van der Waals surface area contributed by atoms with Crippen LogP contribution in [0.15, 0.2) is 18.3 Å². The van der Waals surface area contributed by atoms with Gasteiger partial charge in [0.05, 0.1) is 11.1 Å². The summed E-state index contributed by atoms with van der Waals surface area (Å²) in [5, 5.41) is 17.8. The van der Waals surface area contributed by atoms with Crippen LogP contribution >= 0.6 is 11.6 Å². The predicted octanol–water partition coefficient (Wildman–Crippen LogP) is 1.96. The Kier molecular flexibility index (Phi) is 3.09. The van der Waals surface area contributed by atoms with Gasteiger partial charge in [-0.25, -0.2) is 4.52 Å². The molecule has 2 aromatic heterocycles. The minimum absolute atomic E-state index is 0.191. The van der Waals surface area contributed by atoms with Crippen LogP contribution in [0.25, 0.3) is 5.65 Å². The zero-order valence-corrected chi connectivity index (χ0v) is 10.6. The Morgan fingerprint density at radius 1 is 1.44 bits per heavy atom. The highest BCUT2D eigenvalue weighted by Gasteiger charge is 2.25. The van der Waals surface area contributed by atoms with Gasteiger partial charge < -0.3 is 10.4 Å². The van der Waals surface area contributed by atoms with E-state index in [1.54, 1.807) is 16.8 Å². The minimum Gasteiger partial charge on any atom is -0.393 e. The molecule has 2 atom stereocenters. The lowest BCUT2D eigenvalue weighted by molar-refractivity contribution is 0.138. The lowest BCUT2D eigenvalue weighted by Gasteiger charge is -2.13. The summed E-state index contributed by atoms with van der Waals surface area (Å²) in [5.74, 6) is 0.886. The summed E-state index contributed by atoms with van der Waals surface area (Å²) in [4.78, 5) is 4.34. The van der Waals surface area contributed by atoms with E-state index in [-0.39, 0.29) is 6.10 Å². The second kappa shape index (κ2) is 4.74. The van der Waals surface area contributed by atoms with Crippen LogP contribution in [-0.4, -0.2) is 32.4 Å². The monoisotopic (exact) mass is 266 g/mol. The third-order valence-electron chi connectivity index (χ3n) is 3.44. The van der Waals surface area contributed by atoms with E-state index in [1.807, 2.05) is 6.07 Å². The normalized spacial score (nSPS) is 23.7. The standard InChI is InChI=1S/C12H15ClN4O/c13-9-4-5-11-15-12(16-17(11)7-9)14-6-8-2-1-3-10(8)18/h4-5,7-8,10,18H,1-3,6H2,(H,14,16). The van der Waals surface area contributed by atoms with E-state index in [9.17, 15) is 5.11 Å². The van der Waals surface area contributed by atoms with E-state index >= 15 is 0 Å². The van der Waals surface area contributed by atoms with Crippen molar-refractivity contribution in [1.82, 2.24) is 14.6 Å². The second-order valence-corrected chi connectivity index (χ2v) is 5.16. The zero-order chi connectivity index (χ0) is 12.5. The molecule has 96 valence electrons. The van der Waals surface area contributed by atoms with Crippen LogP contribution in [0.2, 0.25) is 5.02 Å². The highest BCUT2D eigenvalue weighted by Crippen LogP contribution is 2.25. The van der Waals surface area contributed by atoms with Gasteiger partial charge in [-0.15, -0.1) is 5.10 Å². The number of hydrogen-bond donors (Lipinski definition) is 2. The molecule has 0 radical (unpaired) electrons. The van der Waals surface area contributed by atoms with Crippen molar-refractivity contribution >= 4 is 23.2 Å². The number of pyridine rings is 1. The second-order valence-electron chi connectivity index (χ2n) is 4.72. The van der Waals surface area contributed by atoms with Crippen LogP contribution in [-0.2, 0) is 0 Å². The SMILES string of the molecule is OC1CCCC1CNc1nc2ccc(Cl)cn2n1. The van der Waals surface area contributed by atoms with Gasteiger partial charge in [0, 0.05) is 18.7 Å². The molecule has 1 saturated carbocycles. The average molecular weight is 267 g/mol. The molecule has 0 amide bonds. The van der Waals surface area contributed by atoms with Gasteiger partial charge >= 0.3 is 0 Å². The molecule has 0 bridgehead atoms. The van der Waals surface area contributed by atoms with Crippen molar-refractivity contribution in [3.8, 4) is 0 Å². The lowest BCUT2D eigenvalue weighted by atomic mass is 10.1. The molecule has 2 heterocycles. The number of rotatable bonds is 3. The number of nitrogens with zero attached hydrogens (tertiary/aromatic N) is 3. The maximum absolute atomic E-state index is 9.74. The molecule has 3 rings (SSSR count). The van der Waals surface area contributed by atoms with Crippen molar-refractivity contribution < 1.29 is 5.11 Å². The Hall–Kier alpha value is -1.33. The van der Waals surface area contributed by atoms with Crippen molar-refractivity contribution in [2.75, 3.05) is 11.9 Å². The molecule has 2 N–H and O–H groups in total. The largest absolute Gasteiger partial charge is 0.393 e. The first-order chi connectivity index (χ1) is 8.72. The first kappa shape index (κ1) is 11.7. The number of aromatic nitrogens is 3. The van der Waals surface area contributed by atoms with Crippen LogP contribution < -0.4 is 5.32 Å². The molecule has 1 aliphatic carbocycles. The number of fused-ring (bicyclic) bond motifs is 1. The average Bonchev–Trinajstić information content (AvgIpc) is 2.92. The van der Waals surface area contributed by atoms with E-state index in [4.69, 9.17) is 11.6 Å². The van der Waals surface area contributed by atoms with Crippen molar-refractivity contribution in [2.45, 2.75) is 25.4 Å². The summed E-state index contributed by atoms with van der Waals surface area (Å²) in [6.07, 6.45) is 4.60. The molecule has 6 heteroatoms. The molecule has 2 unspecified atom stereocenters. The van der Waals surface area contributed by atoms with Crippen LogP contribution in [0, 0.1) is 5.92 Å². The van der Waals surface area contributed by atoms with Gasteiger partial charge in [0.2, 0.25) is 5.95 Å². The van der Waals surface area contributed by atoms with Crippen molar-refractivity contribution in [1.29, 1.82) is 0 Å². The predicted molar refractivity (Wildman–Crippen MR) is 69.8 cm³/mol. The van der Waals surface area contributed by atoms with Crippen LogP contribution in [0.5, 0.6) is 0 Å². The van der Waals surface area contributed by atoms with Gasteiger partial charge in [0.1, 0.15) is 0 Å². The molecule has 0 spiro atoms. The van der Waals surface area contributed by atoms with E-state index in [1.165, 1.54) is 0 Å². The van der Waals surface area contributed by atoms with Gasteiger partial charge in [-0.3, -0.25) is 0 Å². The summed E-state index contributed by atoms with van der Waals surface area (Å²) >= 11 is 5.89. The number of hydrogen-bond acceptors (Lipinski definition) is 4. The Morgan fingerprint density at radius 3 is 3.11 bits per heavy atom. The fourth-order valence-corrected chi connectivity index (χ4v) is 2.57. The molecule has 2 aromatic rings. The zero-order valence-electron chi connectivity index (χ0n) is 9.88. The molecular formula is C12H15ClN4O. The summed E-state index contributed by atoms with van der Waals surface area (Å²) < 4.78 is 1.65. The summed E-state index contributed by atoms with van der Waals surface area (Å²) in [7, 11) is 0. The maximum Gasteiger partial charge on any atom is 0.243 e. The van der Waals surface area contributed by atoms with Crippen LogP contribution in [0.1, 0.15) is 19.3 Å². The molecule has 0 aliphatic heterocycles. The molecule has 0 saturated heterocycles. The summed E-state index contributed by atoms with van der Waals surface area (Å²) in [5.41, 5.74) is 0.758. The maximum atomic E-state index is 9.74. The fourth-order valence-electron chi connectivity index (χ4n) is 2.41. The molecule has 5 nitrogen and oxygen atoms in total. The quantitative estimate of drug-likeness (QED) is 0.891. The fraction of sp³-hybridized carbons (Fsp3) is 0.500. The van der Waals surface area contributed by atoms with Crippen LogP contribution in [0.4, 0.5) is 5.95 Å². The first-order valence-electron chi connectivity index (χ1n) is 6.16. The number of nitrogens with one attached hydrogen (secondary N) is 1. The summed E-state index contributed by atoms with van der Waals surface area (Å²) in [6, 6.07) is 3.61. The third-order valence-corrected chi connectivity index (χ3v) is 3.66. The molecule has 18 heavy (non-hydrogen) atoms. The topological polar surface area (TPSA) is 62.5 Å². The number of anilines is 1. The van der Waals surface area contributed by atoms with Gasteiger partial charge in [-0.05, 0) is 25.0 Å². The minimum atomic E-state index is -0.191. The Labute approximate surface area is 110 Å².